The second-order valence-electron chi connectivity index (χ2n) is 4.31. The summed E-state index contributed by atoms with van der Waals surface area (Å²) < 4.78 is 11.7. The number of halogens is 1. The van der Waals surface area contributed by atoms with Crippen molar-refractivity contribution in [1.82, 2.24) is 0 Å². The standard InChI is InChI=1S/C15H11BrO3/c16-12-4-1-10(2-5-12)8-18-13-6-3-11-9-19-15(17)14(11)7-13/h1-7H,8-9H2. The lowest BCUT2D eigenvalue weighted by Gasteiger charge is -2.07. The van der Waals surface area contributed by atoms with Crippen LogP contribution in [0.2, 0.25) is 0 Å². The van der Waals surface area contributed by atoms with Gasteiger partial charge in [0.15, 0.2) is 0 Å². The van der Waals surface area contributed by atoms with Crippen LogP contribution in [0.3, 0.4) is 0 Å². The van der Waals surface area contributed by atoms with E-state index < -0.39 is 0 Å². The molecule has 1 aliphatic heterocycles. The summed E-state index contributed by atoms with van der Waals surface area (Å²) in [6, 6.07) is 13.4. The Morgan fingerprint density at radius 1 is 1.16 bits per heavy atom. The lowest BCUT2D eigenvalue weighted by atomic mass is 10.1. The van der Waals surface area contributed by atoms with Crippen molar-refractivity contribution in [3.05, 3.63) is 63.6 Å². The minimum Gasteiger partial charge on any atom is -0.489 e. The van der Waals surface area contributed by atoms with Gasteiger partial charge >= 0.3 is 5.97 Å². The molecule has 1 heterocycles. The zero-order chi connectivity index (χ0) is 13.2. The molecule has 19 heavy (non-hydrogen) atoms. The number of fused-ring (bicyclic) bond motifs is 1. The summed E-state index contributed by atoms with van der Waals surface area (Å²) in [5.41, 5.74) is 2.60. The molecule has 0 N–H and O–H groups in total. The second-order valence-corrected chi connectivity index (χ2v) is 5.23. The fraction of sp³-hybridized carbons (Fsp3) is 0.133. The van der Waals surface area contributed by atoms with Crippen LogP contribution in [0.1, 0.15) is 21.5 Å². The SMILES string of the molecule is O=C1OCc2ccc(OCc3ccc(Br)cc3)cc21. The van der Waals surface area contributed by atoms with E-state index in [2.05, 4.69) is 15.9 Å². The van der Waals surface area contributed by atoms with Gasteiger partial charge in [-0.25, -0.2) is 4.79 Å². The van der Waals surface area contributed by atoms with E-state index in [1.54, 1.807) is 6.07 Å². The molecule has 0 amide bonds. The highest BCUT2D eigenvalue weighted by Gasteiger charge is 2.21. The van der Waals surface area contributed by atoms with E-state index in [0.29, 0.717) is 24.5 Å². The van der Waals surface area contributed by atoms with E-state index in [9.17, 15) is 4.79 Å². The van der Waals surface area contributed by atoms with E-state index in [1.165, 1.54) is 0 Å². The van der Waals surface area contributed by atoms with Crippen LogP contribution in [0, 0.1) is 0 Å². The molecule has 0 atom stereocenters. The van der Waals surface area contributed by atoms with Crippen LogP contribution in [-0.2, 0) is 18.0 Å². The normalized spacial score (nSPS) is 13.0. The van der Waals surface area contributed by atoms with Crippen LogP contribution in [0.15, 0.2) is 46.9 Å². The quantitative estimate of drug-likeness (QED) is 0.809. The third-order valence-electron chi connectivity index (χ3n) is 2.98. The molecule has 0 unspecified atom stereocenters. The number of rotatable bonds is 3. The highest BCUT2D eigenvalue weighted by Crippen LogP contribution is 2.25. The summed E-state index contributed by atoms with van der Waals surface area (Å²) in [4.78, 5) is 11.4. The van der Waals surface area contributed by atoms with E-state index >= 15 is 0 Å². The van der Waals surface area contributed by atoms with Crippen LogP contribution in [0.4, 0.5) is 0 Å². The average Bonchev–Trinajstić information content (AvgIpc) is 2.80. The highest BCUT2D eigenvalue weighted by molar-refractivity contribution is 9.10. The summed E-state index contributed by atoms with van der Waals surface area (Å²) in [7, 11) is 0. The largest absolute Gasteiger partial charge is 0.489 e. The van der Waals surface area contributed by atoms with Crippen molar-refractivity contribution < 1.29 is 14.3 Å². The van der Waals surface area contributed by atoms with Crippen molar-refractivity contribution in [2.24, 2.45) is 0 Å². The maximum absolute atomic E-state index is 11.4. The van der Waals surface area contributed by atoms with Gasteiger partial charge in [0.25, 0.3) is 0 Å². The van der Waals surface area contributed by atoms with E-state index in [1.807, 2.05) is 36.4 Å². The number of cyclic esters (lactones) is 1. The van der Waals surface area contributed by atoms with E-state index in [4.69, 9.17) is 9.47 Å². The first kappa shape index (κ1) is 12.2. The van der Waals surface area contributed by atoms with Crippen molar-refractivity contribution in [1.29, 1.82) is 0 Å². The molecule has 0 fully saturated rings. The Hall–Kier alpha value is -1.81. The Morgan fingerprint density at radius 2 is 1.95 bits per heavy atom. The van der Waals surface area contributed by atoms with Gasteiger partial charge in [-0.05, 0) is 29.8 Å². The molecule has 96 valence electrons. The number of carbonyl (C=O) groups excluding carboxylic acids is 1. The average molecular weight is 319 g/mol. The molecule has 0 aromatic heterocycles. The van der Waals surface area contributed by atoms with Crippen molar-refractivity contribution in [2.45, 2.75) is 13.2 Å². The maximum atomic E-state index is 11.4. The van der Waals surface area contributed by atoms with Gasteiger partial charge in [-0.3, -0.25) is 0 Å². The third kappa shape index (κ3) is 2.63. The van der Waals surface area contributed by atoms with Crippen molar-refractivity contribution in [3.63, 3.8) is 0 Å². The molecular formula is C15H11BrO3. The molecule has 4 heteroatoms. The van der Waals surface area contributed by atoms with Crippen molar-refractivity contribution >= 4 is 21.9 Å². The van der Waals surface area contributed by atoms with Crippen LogP contribution in [-0.4, -0.2) is 5.97 Å². The lowest BCUT2D eigenvalue weighted by molar-refractivity contribution is 0.0535. The third-order valence-corrected chi connectivity index (χ3v) is 3.51. The van der Waals surface area contributed by atoms with Crippen LogP contribution >= 0.6 is 15.9 Å². The number of ether oxygens (including phenoxy) is 2. The van der Waals surface area contributed by atoms with Crippen LogP contribution in [0.25, 0.3) is 0 Å². The number of hydrogen-bond acceptors (Lipinski definition) is 3. The predicted octanol–water partition coefficient (Wildman–Crippen LogP) is 3.70. The van der Waals surface area contributed by atoms with Gasteiger partial charge in [-0.2, -0.15) is 0 Å². The monoisotopic (exact) mass is 318 g/mol. The van der Waals surface area contributed by atoms with Gasteiger partial charge in [0.05, 0.1) is 5.56 Å². The Kier molecular flexibility index (Phi) is 3.25. The molecular weight excluding hydrogens is 308 g/mol. The van der Waals surface area contributed by atoms with Crippen molar-refractivity contribution in [2.75, 3.05) is 0 Å². The molecule has 3 rings (SSSR count). The molecule has 0 aliphatic carbocycles. The van der Waals surface area contributed by atoms with Crippen LogP contribution < -0.4 is 4.74 Å². The Labute approximate surface area is 119 Å². The lowest BCUT2D eigenvalue weighted by Crippen LogP contribution is -1.98. The smallest absolute Gasteiger partial charge is 0.339 e. The fourth-order valence-corrected chi connectivity index (χ4v) is 2.19. The number of carbonyl (C=O) groups is 1. The molecule has 0 saturated carbocycles. The summed E-state index contributed by atoms with van der Waals surface area (Å²) in [5, 5.41) is 0. The first-order valence-corrected chi connectivity index (χ1v) is 6.69. The van der Waals surface area contributed by atoms with E-state index in [-0.39, 0.29) is 5.97 Å². The molecule has 0 bridgehead atoms. The van der Waals surface area contributed by atoms with Gasteiger partial charge in [0.2, 0.25) is 0 Å². The first-order valence-electron chi connectivity index (χ1n) is 5.90. The zero-order valence-corrected chi connectivity index (χ0v) is 11.6. The van der Waals surface area contributed by atoms with Gasteiger partial charge < -0.3 is 9.47 Å². The minimum absolute atomic E-state index is 0.274. The molecule has 3 nitrogen and oxygen atoms in total. The maximum Gasteiger partial charge on any atom is 0.339 e. The Balaban J connectivity index is 1.72. The highest BCUT2D eigenvalue weighted by atomic mass is 79.9. The van der Waals surface area contributed by atoms with Crippen LogP contribution in [0.5, 0.6) is 5.75 Å². The van der Waals surface area contributed by atoms with Gasteiger partial charge in [-0.1, -0.05) is 34.1 Å². The number of hydrogen-bond donors (Lipinski definition) is 0. The molecule has 0 radical (unpaired) electrons. The first-order chi connectivity index (χ1) is 9.22. The van der Waals surface area contributed by atoms with Crippen molar-refractivity contribution in [3.8, 4) is 5.75 Å². The molecule has 0 saturated heterocycles. The fourth-order valence-electron chi connectivity index (χ4n) is 1.93. The molecule has 2 aromatic rings. The summed E-state index contributed by atoms with van der Waals surface area (Å²) in [6.45, 7) is 0.836. The van der Waals surface area contributed by atoms with E-state index in [0.717, 1.165) is 15.6 Å². The Morgan fingerprint density at radius 3 is 2.74 bits per heavy atom. The Bertz CT molecular complexity index is 620. The van der Waals surface area contributed by atoms with Gasteiger partial charge in [0.1, 0.15) is 19.0 Å². The van der Waals surface area contributed by atoms with Gasteiger partial charge in [0, 0.05) is 10.0 Å². The molecule has 2 aromatic carbocycles. The summed E-state index contributed by atoms with van der Waals surface area (Å²) in [5.74, 6) is 0.407. The number of esters is 1. The summed E-state index contributed by atoms with van der Waals surface area (Å²) in [6.07, 6.45) is 0. The van der Waals surface area contributed by atoms with Gasteiger partial charge in [-0.15, -0.1) is 0 Å². The summed E-state index contributed by atoms with van der Waals surface area (Å²) >= 11 is 3.39. The topological polar surface area (TPSA) is 35.5 Å². The predicted molar refractivity (Wildman–Crippen MR) is 74.0 cm³/mol. The zero-order valence-electron chi connectivity index (χ0n) is 10.1. The molecule has 0 spiro atoms. The minimum atomic E-state index is -0.274. The molecule has 1 aliphatic rings. The number of benzene rings is 2. The second kappa shape index (κ2) is 5.05.